The van der Waals surface area contributed by atoms with E-state index in [0.29, 0.717) is 11.7 Å². The van der Waals surface area contributed by atoms with Crippen LogP contribution in [0.4, 0.5) is 16.2 Å². The first-order chi connectivity index (χ1) is 7.61. The molecule has 0 bridgehead atoms. The number of primary amides is 1. The maximum Gasteiger partial charge on any atom is 0.316 e. The van der Waals surface area contributed by atoms with Gasteiger partial charge >= 0.3 is 6.03 Å². The minimum Gasteiger partial charge on any atom is -0.383 e. The van der Waals surface area contributed by atoms with Crippen molar-refractivity contribution >= 4 is 17.4 Å². The minimum atomic E-state index is -0.542. The largest absolute Gasteiger partial charge is 0.383 e. The van der Waals surface area contributed by atoms with Crippen molar-refractivity contribution < 1.29 is 4.79 Å². The summed E-state index contributed by atoms with van der Waals surface area (Å²) in [5.74, 6) is 0. The Labute approximate surface area is 96.2 Å². The zero-order chi connectivity index (χ0) is 12.0. The van der Waals surface area contributed by atoms with E-state index in [9.17, 15) is 4.79 Å². The molecule has 0 aliphatic carbocycles. The first kappa shape index (κ1) is 12.4. The Bertz CT molecular complexity index is 335. The average Bonchev–Trinajstić information content (AvgIpc) is 2.20. The normalized spacial score (nSPS) is 11.9. The van der Waals surface area contributed by atoms with E-state index >= 15 is 0 Å². The molecule has 2 amide bonds. The lowest BCUT2D eigenvalue weighted by Gasteiger charge is -2.14. The third kappa shape index (κ3) is 4.21. The molecule has 4 nitrogen and oxygen atoms in total. The van der Waals surface area contributed by atoms with Crippen molar-refractivity contribution in [2.75, 3.05) is 10.6 Å². The Kier molecular flexibility index (Phi) is 4.64. The fraction of sp³-hybridized carbons (Fsp3) is 0.417. The zero-order valence-electron chi connectivity index (χ0n) is 9.79. The summed E-state index contributed by atoms with van der Waals surface area (Å²) in [7, 11) is 0. The van der Waals surface area contributed by atoms with Crippen molar-refractivity contribution in [3.8, 4) is 0 Å². The van der Waals surface area contributed by atoms with Crippen LogP contribution in [0, 0.1) is 0 Å². The van der Waals surface area contributed by atoms with E-state index in [1.54, 1.807) is 0 Å². The molecule has 4 N–H and O–H groups in total. The van der Waals surface area contributed by atoms with E-state index in [0.717, 1.165) is 18.5 Å². The Balaban J connectivity index is 2.54. The number of nitrogens with two attached hydrogens (primary N) is 1. The molecule has 0 spiro atoms. The quantitative estimate of drug-likeness (QED) is 0.715. The summed E-state index contributed by atoms with van der Waals surface area (Å²) in [5.41, 5.74) is 6.78. The second-order valence-electron chi connectivity index (χ2n) is 3.90. The van der Waals surface area contributed by atoms with Crippen molar-refractivity contribution in [3.63, 3.8) is 0 Å². The number of carbonyl (C=O) groups is 1. The van der Waals surface area contributed by atoms with E-state index < -0.39 is 6.03 Å². The number of anilines is 2. The highest BCUT2D eigenvalue weighted by Crippen LogP contribution is 2.15. The third-order valence-corrected chi connectivity index (χ3v) is 2.29. The number of amides is 2. The number of benzene rings is 1. The van der Waals surface area contributed by atoms with Crippen LogP contribution in [-0.2, 0) is 0 Å². The number of carbonyl (C=O) groups excluding carboxylic acids is 1. The highest BCUT2D eigenvalue weighted by molar-refractivity contribution is 5.87. The number of nitrogens with one attached hydrogen (secondary N) is 2. The van der Waals surface area contributed by atoms with Gasteiger partial charge in [0.15, 0.2) is 0 Å². The lowest BCUT2D eigenvalue weighted by molar-refractivity contribution is 0.259. The highest BCUT2D eigenvalue weighted by atomic mass is 16.2. The van der Waals surface area contributed by atoms with Gasteiger partial charge in [0, 0.05) is 17.4 Å². The number of hydrogen-bond donors (Lipinski definition) is 3. The van der Waals surface area contributed by atoms with Crippen LogP contribution in [-0.4, -0.2) is 12.1 Å². The summed E-state index contributed by atoms with van der Waals surface area (Å²) in [4.78, 5) is 10.6. The second kappa shape index (κ2) is 6.00. The molecule has 1 atom stereocenters. The molecular weight excluding hydrogens is 202 g/mol. The molecule has 0 radical (unpaired) electrons. The number of rotatable bonds is 5. The first-order valence-corrected chi connectivity index (χ1v) is 5.55. The van der Waals surface area contributed by atoms with E-state index in [-0.39, 0.29) is 0 Å². The maximum absolute atomic E-state index is 10.6. The molecular formula is C12H19N3O. The third-order valence-electron chi connectivity index (χ3n) is 2.29. The van der Waals surface area contributed by atoms with Gasteiger partial charge in [0.2, 0.25) is 0 Å². The van der Waals surface area contributed by atoms with Crippen molar-refractivity contribution in [2.45, 2.75) is 32.7 Å². The molecule has 1 unspecified atom stereocenters. The summed E-state index contributed by atoms with van der Waals surface area (Å²) in [5, 5.41) is 5.90. The van der Waals surface area contributed by atoms with Gasteiger partial charge in [0.1, 0.15) is 0 Å². The minimum absolute atomic E-state index is 0.458. The summed E-state index contributed by atoms with van der Waals surface area (Å²) in [6.07, 6.45) is 2.30. The second-order valence-corrected chi connectivity index (χ2v) is 3.90. The molecule has 0 aliphatic rings. The van der Waals surface area contributed by atoms with Gasteiger partial charge < -0.3 is 16.4 Å². The van der Waals surface area contributed by atoms with E-state index in [4.69, 9.17) is 5.73 Å². The standard InChI is InChI=1S/C12H19N3O/c1-3-4-9(2)14-10-5-7-11(8-6-10)15-12(13)16/h5-9,14H,3-4H2,1-2H3,(H3,13,15,16). The molecule has 16 heavy (non-hydrogen) atoms. The van der Waals surface area contributed by atoms with Crippen molar-refractivity contribution in [1.29, 1.82) is 0 Å². The van der Waals surface area contributed by atoms with Crippen LogP contribution in [0.2, 0.25) is 0 Å². The van der Waals surface area contributed by atoms with Crippen LogP contribution >= 0.6 is 0 Å². The molecule has 88 valence electrons. The molecule has 0 aliphatic heterocycles. The first-order valence-electron chi connectivity index (χ1n) is 5.55. The van der Waals surface area contributed by atoms with Gasteiger partial charge in [-0.2, -0.15) is 0 Å². The lowest BCUT2D eigenvalue weighted by Crippen LogP contribution is -2.19. The van der Waals surface area contributed by atoms with Gasteiger partial charge in [-0.25, -0.2) is 4.79 Å². The van der Waals surface area contributed by atoms with Crippen molar-refractivity contribution in [3.05, 3.63) is 24.3 Å². The topological polar surface area (TPSA) is 67.2 Å². The van der Waals surface area contributed by atoms with Gasteiger partial charge in [0.05, 0.1) is 0 Å². The molecule has 0 aromatic heterocycles. The lowest BCUT2D eigenvalue weighted by atomic mass is 10.2. The van der Waals surface area contributed by atoms with E-state index in [1.165, 1.54) is 0 Å². The monoisotopic (exact) mass is 221 g/mol. The van der Waals surface area contributed by atoms with Gasteiger partial charge in [-0.05, 0) is 37.6 Å². The van der Waals surface area contributed by atoms with Crippen molar-refractivity contribution in [2.24, 2.45) is 5.73 Å². The van der Waals surface area contributed by atoms with Crippen molar-refractivity contribution in [1.82, 2.24) is 0 Å². The molecule has 0 heterocycles. The van der Waals surface area contributed by atoms with E-state index in [2.05, 4.69) is 24.5 Å². The van der Waals surface area contributed by atoms with Crippen LogP contribution in [0.1, 0.15) is 26.7 Å². The SMILES string of the molecule is CCCC(C)Nc1ccc(NC(N)=O)cc1. The fourth-order valence-corrected chi connectivity index (χ4v) is 1.58. The number of hydrogen-bond acceptors (Lipinski definition) is 2. The van der Waals surface area contributed by atoms with Gasteiger partial charge in [-0.1, -0.05) is 13.3 Å². The van der Waals surface area contributed by atoms with Crippen LogP contribution in [0.5, 0.6) is 0 Å². The summed E-state index contributed by atoms with van der Waals surface area (Å²) >= 11 is 0. The predicted molar refractivity (Wildman–Crippen MR) is 67.6 cm³/mol. The number of urea groups is 1. The molecule has 4 heteroatoms. The Hall–Kier alpha value is -1.71. The summed E-state index contributed by atoms with van der Waals surface area (Å²) < 4.78 is 0. The molecule has 0 fully saturated rings. The van der Waals surface area contributed by atoms with Gasteiger partial charge in [-0.15, -0.1) is 0 Å². The summed E-state index contributed by atoms with van der Waals surface area (Å²) in [6.45, 7) is 4.32. The fourth-order valence-electron chi connectivity index (χ4n) is 1.58. The maximum atomic E-state index is 10.6. The van der Waals surface area contributed by atoms with E-state index in [1.807, 2.05) is 24.3 Å². The molecule has 0 saturated carbocycles. The van der Waals surface area contributed by atoms with Crippen LogP contribution in [0.3, 0.4) is 0 Å². The smallest absolute Gasteiger partial charge is 0.316 e. The molecule has 1 aromatic rings. The molecule has 0 saturated heterocycles. The Morgan fingerprint density at radius 3 is 2.38 bits per heavy atom. The molecule has 1 aromatic carbocycles. The van der Waals surface area contributed by atoms with Crippen LogP contribution < -0.4 is 16.4 Å². The Morgan fingerprint density at radius 1 is 1.31 bits per heavy atom. The zero-order valence-corrected chi connectivity index (χ0v) is 9.79. The van der Waals surface area contributed by atoms with Crippen LogP contribution in [0.25, 0.3) is 0 Å². The average molecular weight is 221 g/mol. The highest BCUT2D eigenvalue weighted by Gasteiger charge is 2.01. The Morgan fingerprint density at radius 2 is 1.88 bits per heavy atom. The van der Waals surface area contributed by atoms with Gasteiger partial charge in [-0.3, -0.25) is 0 Å². The molecule has 1 rings (SSSR count). The predicted octanol–water partition coefficient (Wildman–Crippen LogP) is 2.78. The summed E-state index contributed by atoms with van der Waals surface area (Å²) in [6, 6.07) is 7.42. The van der Waals surface area contributed by atoms with Gasteiger partial charge in [0.25, 0.3) is 0 Å². The van der Waals surface area contributed by atoms with Crippen LogP contribution in [0.15, 0.2) is 24.3 Å².